The highest BCUT2D eigenvalue weighted by Gasteiger charge is 2.31. The average Bonchev–Trinajstić information content (AvgIpc) is 2.54. The van der Waals surface area contributed by atoms with E-state index in [2.05, 4.69) is 5.32 Å². The van der Waals surface area contributed by atoms with Crippen molar-refractivity contribution in [3.05, 3.63) is 0 Å². The molecule has 1 saturated heterocycles. The van der Waals surface area contributed by atoms with Crippen molar-refractivity contribution < 1.29 is 9.18 Å². The number of likely N-dealkylation sites (tertiary alicyclic amines) is 1. The van der Waals surface area contributed by atoms with Gasteiger partial charge in [-0.25, -0.2) is 4.79 Å². The lowest BCUT2D eigenvalue weighted by molar-refractivity contribution is 0.102. The summed E-state index contributed by atoms with van der Waals surface area (Å²) in [5, 5.41) is 2.99. The van der Waals surface area contributed by atoms with Crippen LogP contribution in [0.4, 0.5) is 9.18 Å². The molecule has 0 aromatic rings. The molecule has 14 heavy (non-hydrogen) atoms. The Kier molecular flexibility index (Phi) is 2.89. The molecule has 2 amide bonds. The molecule has 1 N–H and O–H groups in total. The number of carbonyl (C=O) groups is 1. The summed E-state index contributed by atoms with van der Waals surface area (Å²) in [7, 11) is 0. The first-order chi connectivity index (χ1) is 6.79. The van der Waals surface area contributed by atoms with E-state index in [1.54, 1.807) is 4.90 Å². The van der Waals surface area contributed by atoms with Gasteiger partial charge in [-0.05, 0) is 12.8 Å². The maximum Gasteiger partial charge on any atom is 0.317 e. The summed E-state index contributed by atoms with van der Waals surface area (Å²) in [6.45, 7) is 0.886. The lowest BCUT2D eigenvalue weighted by atomic mass is 10.0. The van der Waals surface area contributed by atoms with E-state index in [0.29, 0.717) is 19.1 Å². The maximum absolute atomic E-state index is 12.1. The molecule has 2 fully saturated rings. The third-order valence-corrected chi connectivity index (χ3v) is 3.15. The molecule has 0 spiro atoms. The normalized spacial score (nSPS) is 23.6. The number of nitrogens with zero attached hydrogens (tertiary/aromatic N) is 1. The van der Waals surface area contributed by atoms with E-state index in [1.165, 1.54) is 12.8 Å². The Labute approximate surface area is 83.6 Å². The van der Waals surface area contributed by atoms with Gasteiger partial charge < -0.3 is 10.2 Å². The topological polar surface area (TPSA) is 32.3 Å². The van der Waals surface area contributed by atoms with Crippen LogP contribution in [-0.2, 0) is 0 Å². The van der Waals surface area contributed by atoms with Crippen molar-refractivity contribution in [2.24, 2.45) is 5.92 Å². The van der Waals surface area contributed by atoms with Gasteiger partial charge in [0.2, 0.25) is 0 Å². The van der Waals surface area contributed by atoms with Crippen molar-refractivity contribution in [1.29, 1.82) is 0 Å². The molecule has 3 nitrogen and oxygen atoms in total. The van der Waals surface area contributed by atoms with Crippen LogP contribution in [0.2, 0.25) is 0 Å². The number of urea groups is 1. The minimum absolute atomic E-state index is 0.00148. The summed E-state index contributed by atoms with van der Waals surface area (Å²) in [6, 6.07) is 0.369. The summed E-state index contributed by atoms with van der Waals surface area (Å²) in [6.07, 6.45) is 4.65. The predicted octanol–water partition coefficient (Wildman–Crippen LogP) is 1.54. The molecule has 0 unspecified atom stereocenters. The number of nitrogens with one attached hydrogen (secondary N) is 1. The Morgan fingerprint density at radius 1 is 1.36 bits per heavy atom. The van der Waals surface area contributed by atoms with Crippen LogP contribution in [0.5, 0.6) is 0 Å². The van der Waals surface area contributed by atoms with Crippen molar-refractivity contribution in [1.82, 2.24) is 10.2 Å². The second kappa shape index (κ2) is 4.15. The van der Waals surface area contributed by atoms with E-state index in [4.69, 9.17) is 0 Å². The largest absolute Gasteiger partial charge is 0.335 e. The van der Waals surface area contributed by atoms with Gasteiger partial charge in [0, 0.05) is 25.0 Å². The Morgan fingerprint density at radius 3 is 2.57 bits per heavy atom. The highest BCUT2D eigenvalue weighted by molar-refractivity contribution is 5.75. The van der Waals surface area contributed by atoms with E-state index >= 15 is 0 Å². The third kappa shape index (κ3) is 1.99. The van der Waals surface area contributed by atoms with Crippen molar-refractivity contribution in [3.8, 4) is 0 Å². The summed E-state index contributed by atoms with van der Waals surface area (Å²) in [5.74, 6) is 0.0873. The summed E-state index contributed by atoms with van der Waals surface area (Å²) < 4.78 is 12.1. The van der Waals surface area contributed by atoms with Gasteiger partial charge in [-0.3, -0.25) is 4.39 Å². The van der Waals surface area contributed by atoms with E-state index < -0.39 is 0 Å². The number of carbonyl (C=O) groups excluding carboxylic acids is 1. The lowest BCUT2D eigenvalue weighted by Crippen LogP contribution is -2.55. The Bertz CT molecular complexity index is 210. The quantitative estimate of drug-likeness (QED) is 0.720. The molecular weight excluding hydrogens is 183 g/mol. The summed E-state index contributed by atoms with van der Waals surface area (Å²) in [5.41, 5.74) is 0. The molecule has 1 heterocycles. The number of hydrogen-bond donors (Lipinski definition) is 1. The van der Waals surface area contributed by atoms with Crippen molar-refractivity contribution in [2.45, 2.75) is 31.7 Å². The molecule has 0 aromatic carbocycles. The first-order valence-corrected chi connectivity index (χ1v) is 5.41. The Balaban J connectivity index is 1.69. The van der Waals surface area contributed by atoms with Gasteiger partial charge in [0.25, 0.3) is 0 Å². The zero-order valence-electron chi connectivity index (χ0n) is 8.34. The lowest BCUT2D eigenvalue weighted by Gasteiger charge is -2.38. The van der Waals surface area contributed by atoms with Crippen molar-refractivity contribution in [3.63, 3.8) is 0 Å². The van der Waals surface area contributed by atoms with Gasteiger partial charge in [0.1, 0.15) is 0 Å². The summed E-state index contributed by atoms with van der Waals surface area (Å²) >= 11 is 0. The first kappa shape index (κ1) is 9.74. The van der Waals surface area contributed by atoms with Crippen LogP contribution in [0.25, 0.3) is 0 Å². The first-order valence-electron chi connectivity index (χ1n) is 5.41. The fourth-order valence-corrected chi connectivity index (χ4v) is 2.17. The van der Waals surface area contributed by atoms with Gasteiger partial charge in [0.05, 0.1) is 6.67 Å². The number of rotatable bonds is 2. The highest BCUT2D eigenvalue weighted by Crippen LogP contribution is 2.20. The van der Waals surface area contributed by atoms with Gasteiger partial charge >= 0.3 is 6.03 Å². The molecule has 1 saturated carbocycles. The zero-order chi connectivity index (χ0) is 9.97. The minimum atomic E-state index is -0.298. The fourth-order valence-electron chi connectivity index (χ4n) is 2.17. The van der Waals surface area contributed by atoms with E-state index in [0.717, 1.165) is 12.8 Å². The van der Waals surface area contributed by atoms with E-state index in [1.807, 2.05) is 0 Å². The number of halogens is 1. The van der Waals surface area contributed by atoms with Gasteiger partial charge in [-0.1, -0.05) is 12.8 Å². The smallest absolute Gasteiger partial charge is 0.317 e. The second-order valence-electron chi connectivity index (χ2n) is 4.36. The van der Waals surface area contributed by atoms with Crippen LogP contribution in [0.15, 0.2) is 0 Å². The van der Waals surface area contributed by atoms with Crippen LogP contribution in [0.1, 0.15) is 25.7 Å². The van der Waals surface area contributed by atoms with Crippen LogP contribution >= 0.6 is 0 Å². The Hall–Kier alpha value is -0.800. The van der Waals surface area contributed by atoms with Crippen LogP contribution in [-0.4, -0.2) is 36.7 Å². The SMILES string of the molecule is O=C(NC1CCCC1)N1CC(CF)C1. The van der Waals surface area contributed by atoms with E-state index in [-0.39, 0.29) is 18.6 Å². The molecule has 4 heteroatoms. The molecule has 2 rings (SSSR count). The fraction of sp³-hybridized carbons (Fsp3) is 0.900. The second-order valence-corrected chi connectivity index (χ2v) is 4.36. The monoisotopic (exact) mass is 200 g/mol. The van der Waals surface area contributed by atoms with Crippen LogP contribution < -0.4 is 5.32 Å². The van der Waals surface area contributed by atoms with Crippen molar-refractivity contribution >= 4 is 6.03 Å². The molecule has 1 aliphatic heterocycles. The van der Waals surface area contributed by atoms with E-state index in [9.17, 15) is 9.18 Å². The standard InChI is InChI=1S/C10H17FN2O/c11-5-8-6-13(7-8)10(14)12-9-3-1-2-4-9/h8-9H,1-7H2,(H,12,14). The number of amides is 2. The average molecular weight is 200 g/mol. The molecule has 0 atom stereocenters. The Morgan fingerprint density at radius 2 is 2.00 bits per heavy atom. The maximum atomic E-state index is 12.1. The highest BCUT2D eigenvalue weighted by atomic mass is 19.1. The number of hydrogen-bond acceptors (Lipinski definition) is 1. The van der Waals surface area contributed by atoms with Crippen LogP contribution in [0, 0.1) is 5.92 Å². The molecule has 0 aromatic heterocycles. The summed E-state index contributed by atoms with van der Waals surface area (Å²) in [4.78, 5) is 13.2. The molecule has 0 bridgehead atoms. The van der Waals surface area contributed by atoms with Gasteiger partial charge in [-0.15, -0.1) is 0 Å². The minimum Gasteiger partial charge on any atom is -0.335 e. The molecule has 2 aliphatic rings. The third-order valence-electron chi connectivity index (χ3n) is 3.15. The molecule has 0 radical (unpaired) electrons. The molecular formula is C10H17FN2O. The van der Waals surface area contributed by atoms with Gasteiger partial charge in [0.15, 0.2) is 0 Å². The van der Waals surface area contributed by atoms with Crippen LogP contribution in [0.3, 0.4) is 0 Å². The molecule has 80 valence electrons. The zero-order valence-corrected chi connectivity index (χ0v) is 8.34. The molecule has 1 aliphatic carbocycles. The van der Waals surface area contributed by atoms with Gasteiger partial charge in [-0.2, -0.15) is 0 Å². The number of alkyl halides is 1. The van der Waals surface area contributed by atoms with Crippen molar-refractivity contribution in [2.75, 3.05) is 19.8 Å². The predicted molar refractivity (Wildman–Crippen MR) is 51.8 cm³/mol.